The van der Waals surface area contributed by atoms with Crippen molar-refractivity contribution in [2.45, 2.75) is 6.92 Å². The highest BCUT2D eigenvalue weighted by Gasteiger charge is 2.08. The van der Waals surface area contributed by atoms with Crippen LogP contribution in [0.2, 0.25) is 0 Å². The monoisotopic (exact) mass is 280 g/mol. The molecule has 0 bridgehead atoms. The van der Waals surface area contributed by atoms with E-state index in [1.165, 1.54) is 0 Å². The minimum absolute atomic E-state index is 0.656. The second-order valence-electron chi connectivity index (χ2n) is 4.81. The number of methoxy groups -OCH3 is 1. The van der Waals surface area contributed by atoms with Gasteiger partial charge < -0.3 is 10.5 Å². The van der Waals surface area contributed by atoms with Crippen molar-refractivity contribution >= 4 is 5.69 Å². The lowest BCUT2D eigenvalue weighted by Gasteiger charge is -2.01. The first-order chi connectivity index (χ1) is 10.2. The van der Waals surface area contributed by atoms with E-state index in [0.29, 0.717) is 5.82 Å². The van der Waals surface area contributed by atoms with Crippen LogP contribution >= 0.6 is 0 Å². The zero-order valence-corrected chi connectivity index (χ0v) is 11.9. The highest BCUT2D eigenvalue weighted by atomic mass is 16.5. The Labute approximate surface area is 122 Å². The van der Waals surface area contributed by atoms with Crippen molar-refractivity contribution < 1.29 is 4.74 Å². The molecule has 106 valence electrons. The summed E-state index contributed by atoms with van der Waals surface area (Å²) in [5.74, 6) is 2.19. The van der Waals surface area contributed by atoms with Gasteiger partial charge in [0.05, 0.1) is 7.11 Å². The average Bonchev–Trinajstić information content (AvgIpc) is 3.00. The van der Waals surface area contributed by atoms with Crippen molar-refractivity contribution in [3.05, 3.63) is 48.0 Å². The summed E-state index contributed by atoms with van der Waals surface area (Å²) < 4.78 is 5.15. The third-order valence-electron chi connectivity index (χ3n) is 3.38. The van der Waals surface area contributed by atoms with Gasteiger partial charge in [-0.1, -0.05) is 0 Å². The maximum absolute atomic E-state index is 5.83. The third-order valence-corrected chi connectivity index (χ3v) is 3.38. The van der Waals surface area contributed by atoms with Crippen molar-refractivity contribution in [3.63, 3.8) is 0 Å². The maximum Gasteiger partial charge on any atom is 0.181 e. The first-order valence-corrected chi connectivity index (χ1v) is 6.60. The molecule has 5 nitrogen and oxygen atoms in total. The fourth-order valence-corrected chi connectivity index (χ4v) is 2.08. The number of H-pyrrole nitrogens is 1. The lowest BCUT2D eigenvalue weighted by molar-refractivity contribution is 0.415. The summed E-state index contributed by atoms with van der Waals surface area (Å²) in [6, 6.07) is 13.4. The van der Waals surface area contributed by atoms with Crippen LogP contribution in [0, 0.1) is 6.92 Å². The number of nitrogen functional groups attached to an aromatic ring is 1. The lowest BCUT2D eigenvalue weighted by Crippen LogP contribution is -1.90. The molecular weight excluding hydrogens is 264 g/mol. The summed E-state index contributed by atoms with van der Waals surface area (Å²) in [5, 5.41) is 7.23. The standard InChI is InChI=1S/C16H16N4O/c1-10-9-12(5-8-14(10)17)16-18-15(19-20-16)11-3-6-13(21-2)7-4-11/h3-9H,17H2,1-2H3,(H,18,19,20). The highest BCUT2D eigenvalue weighted by Crippen LogP contribution is 2.24. The van der Waals surface area contributed by atoms with E-state index in [0.717, 1.165) is 34.0 Å². The number of aromatic amines is 1. The van der Waals surface area contributed by atoms with Crippen LogP contribution in [0.4, 0.5) is 5.69 Å². The summed E-state index contributed by atoms with van der Waals surface area (Å²) in [7, 11) is 1.64. The minimum Gasteiger partial charge on any atom is -0.497 e. The van der Waals surface area contributed by atoms with E-state index in [2.05, 4.69) is 15.2 Å². The molecule has 0 atom stereocenters. The van der Waals surface area contributed by atoms with Crippen LogP contribution in [-0.4, -0.2) is 22.3 Å². The topological polar surface area (TPSA) is 76.8 Å². The number of aromatic nitrogens is 3. The molecule has 0 spiro atoms. The normalized spacial score (nSPS) is 10.6. The average molecular weight is 280 g/mol. The first kappa shape index (κ1) is 13.2. The number of aryl methyl sites for hydroxylation is 1. The molecule has 21 heavy (non-hydrogen) atoms. The molecule has 1 heterocycles. The number of nitrogens with zero attached hydrogens (tertiary/aromatic N) is 2. The molecule has 0 amide bonds. The molecule has 0 saturated heterocycles. The van der Waals surface area contributed by atoms with Gasteiger partial charge >= 0.3 is 0 Å². The summed E-state index contributed by atoms with van der Waals surface area (Å²) in [6.45, 7) is 1.97. The Kier molecular flexibility index (Phi) is 3.31. The van der Waals surface area contributed by atoms with Gasteiger partial charge in [-0.15, -0.1) is 0 Å². The number of nitrogens with one attached hydrogen (secondary N) is 1. The van der Waals surface area contributed by atoms with Crippen molar-refractivity contribution in [3.8, 4) is 28.5 Å². The van der Waals surface area contributed by atoms with E-state index in [1.807, 2.05) is 49.4 Å². The Morgan fingerprint density at radius 3 is 2.43 bits per heavy atom. The number of hydrogen-bond donors (Lipinski definition) is 2. The van der Waals surface area contributed by atoms with E-state index in [-0.39, 0.29) is 0 Å². The second-order valence-corrected chi connectivity index (χ2v) is 4.81. The Bertz CT molecular complexity index is 762. The van der Waals surface area contributed by atoms with Crippen molar-refractivity contribution in [2.75, 3.05) is 12.8 Å². The van der Waals surface area contributed by atoms with Crippen LogP contribution in [0.3, 0.4) is 0 Å². The van der Waals surface area contributed by atoms with Crippen LogP contribution in [0.1, 0.15) is 5.56 Å². The van der Waals surface area contributed by atoms with Gasteiger partial charge in [-0.2, -0.15) is 5.10 Å². The summed E-state index contributed by atoms with van der Waals surface area (Å²) in [5.41, 5.74) is 9.52. The Morgan fingerprint density at radius 2 is 1.76 bits per heavy atom. The van der Waals surface area contributed by atoms with Crippen LogP contribution in [0.5, 0.6) is 5.75 Å². The molecule has 0 fully saturated rings. The van der Waals surface area contributed by atoms with Crippen LogP contribution in [0.15, 0.2) is 42.5 Å². The van der Waals surface area contributed by atoms with E-state index < -0.39 is 0 Å². The summed E-state index contributed by atoms with van der Waals surface area (Å²) >= 11 is 0. The van der Waals surface area contributed by atoms with Crippen LogP contribution in [0.25, 0.3) is 22.8 Å². The lowest BCUT2D eigenvalue weighted by atomic mass is 10.1. The molecule has 0 aliphatic rings. The minimum atomic E-state index is 0.656. The Balaban J connectivity index is 1.93. The van der Waals surface area contributed by atoms with Crippen LogP contribution < -0.4 is 10.5 Å². The molecule has 0 saturated carbocycles. The molecule has 3 N–H and O–H groups in total. The predicted octanol–water partition coefficient (Wildman–Crippen LogP) is 3.04. The predicted molar refractivity (Wildman–Crippen MR) is 83.0 cm³/mol. The van der Waals surface area contributed by atoms with Gasteiger partial charge in [0.15, 0.2) is 11.6 Å². The summed E-state index contributed by atoms with van der Waals surface area (Å²) in [4.78, 5) is 4.53. The molecule has 0 radical (unpaired) electrons. The molecule has 2 aromatic carbocycles. The maximum atomic E-state index is 5.83. The fourth-order valence-electron chi connectivity index (χ4n) is 2.08. The van der Waals surface area contributed by atoms with Gasteiger partial charge in [0.25, 0.3) is 0 Å². The zero-order chi connectivity index (χ0) is 14.8. The Hall–Kier alpha value is -2.82. The molecule has 3 aromatic rings. The molecule has 0 aliphatic heterocycles. The summed E-state index contributed by atoms with van der Waals surface area (Å²) in [6.07, 6.45) is 0. The van der Waals surface area contributed by atoms with Gasteiger partial charge in [-0.3, -0.25) is 5.10 Å². The number of ether oxygens (including phenoxy) is 1. The van der Waals surface area contributed by atoms with Crippen molar-refractivity contribution in [2.24, 2.45) is 0 Å². The van der Waals surface area contributed by atoms with E-state index >= 15 is 0 Å². The smallest absolute Gasteiger partial charge is 0.181 e. The largest absolute Gasteiger partial charge is 0.497 e. The molecule has 5 heteroatoms. The number of rotatable bonds is 3. The first-order valence-electron chi connectivity index (χ1n) is 6.60. The number of nitrogens with two attached hydrogens (primary N) is 1. The zero-order valence-electron chi connectivity index (χ0n) is 11.9. The van der Waals surface area contributed by atoms with Crippen LogP contribution in [-0.2, 0) is 0 Å². The third kappa shape index (κ3) is 2.58. The number of benzene rings is 2. The number of anilines is 1. The van der Waals surface area contributed by atoms with Crippen molar-refractivity contribution in [1.29, 1.82) is 0 Å². The molecule has 0 unspecified atom stereocenters. The molecule has 0 aliphatic carbocycles. The SMILES string of the molecule is COc1ccc(-c2nc(-c3ccc(N)c(C)c3)n[nH]2)cc1. The second kappa shape index (κ2) is 5.28. The number of hydrogen-bond acceptors (Lipinski definition) is 4. The Morgan fingerprint density at radius 1 is 1.05 bits per heavy atom. The van der Waals surface area contributed by atoms with E-state index in [4.69, 9.17) is 10.5 Å². The van der Waals surface area contributed by atoms with Gasteiger partial charge in [0.1, 0.15) is 5.75 Å². The van der Waals surface area contributed by atoms with Gasteiger partial charge in [0, 0.05) is 16.8 Å². The molecule has 3 rings (SSSR count). The van der Waals surface area contributed by atoms with E-state index in [1.54, 1.807) is 7.11 Å². The van der Waals surface area contributed by atoms with E-state index in [9.17, 15) is 0 Å². The quantitative estimate of drug-likeness (QED) is 0.723. The molecular formula is C16H16N4O. The van der Waals surface area contributed by atoms with Gasteiger partial charge in [-0.05, 0) is 55.0 Å². The van der Waals surface area contributed by atoms with Gasteiger partial charge in [0.2, 0.25) is 0 Å². The fraction of sp³-hybridized carbons (Fsp3) is 0.125. The molecule has 1 aromatic heterocycles. The van der Waals surface area contributed by atoms with Gasteiger partial charge in [-0.25, -0.2) is 4.98 Å². The van der Waals surface area contributed by atoms with Crippen molar-refractivity contribution in [1.82, 2.24) is 15.2 Å². The highest BCUT2D eigenvalue weighted by molar-refractivity contribution is 5.65.